The van der Waals surface area contributed by atoms with E-state index < -0.39 is 0 Å². The zero-order valence-corrected chi connectivity index (χ0v) is 98.1. The van der Waals surface area contributed by atoms with Gasteiger partial charge >= 0.3 is 0 Å². The van der Waals surface area contributed by atoms with Crippen molar-refractivity contribution >= 4 is 29.5 Å². The summed E-state index contributed by atoms with van der Waals surface area (Å²) in [6, 6.07) is 33.9. The number of carbonyl (C=O) groups is 5. The highest BCUT2D eigenvalue weighted by molar-refractivity contribution is 5.94. The molecule has 0 heterocycles. The fraction of sp³-hybridized carbons (Fsp3) is 0.773. The van der Waals surface area contributed by atoms with Crippen LogP contribution in [0.5, 0.6) is 0 Å². The van der Waals surface area contributed by atoms with E-state index in [2.05, 4.69) is 272 Å². The molecule has 2 aliphatic carbocycles. The number of carbonyl (C=O) groups excluding carboxylic acids is 5. The SMILES string of the molecule is CCCC.CCCC1CCC(CC)CC1.CCCCC.CCCCCCC.CCCCCCCCCCCC.CCCCCCNC(=O)C1CCC(CC)CC1.CCCCCCNC(=O)CCC.CCCCCCNC(=O)CCC.CCCCCCNC(=O)c1ccc(C(C)C)cc1.CCCCc1ccc(C)cc1.CCCOCCNC(=O)CCC.Cc1ccc(C(C)C)cc1.Cc1cccc(C)c1. The maximum Gasteiger partial charge on any atom is 0.251 e. The maximum absolute atomic E-state index is 11.9. The fourth-order valence-electron chi connectivity index (χ4n) is 15.5. The highest BCUT2D eigenvalue weighted by atomic mass is 16.5. The predicted molar refractivity (Wildman–Crippen MR) is 622 cm³/mol. The van der Waals surface area contributed by atoms with Gasteiger partial charge in [-0.3, -0.25) is 24.0 Å². The molecule has 5 amide bonds. The molecule has 2 aliphatic rings. The number of benzene rings is 4. The van der Waals surface area contributed by atoms with Crippen LogP contribution in [0.1, 0.15) is 593 Å². The standard InChI is InChI=1S/C16H25NO.C15H29NO.C12H26.C11H16.C11H22.2C10H21NO.C10H14.C9H19NO2.C8H10.C7H16.C5H12.C4H10/c1-4-5-6-7-12-17-16(18)15-10-8-14(9-11-15)13(2)3;1-3-5-6-7-12-16-15(17)14-10-8-13(4-2)9-11-14;1-3-5-7-9-11-12-10-8-6-4-2;1-3-4-5-11-8-6-10(2)7-9-11;1-3-5-11-8-6-10(4-2)7-9-11;2*1-3-5-6-7-9-11-10(12)8-4-2;1-8(2)10-6-4-9(3)5-7-10;1-3-5-9(11)10-6-8-12-7-4-2;1-7-4-3-5-8(2)6-7;1-3-5-7-6-4-2;1-3-5-4-2;1-3-4-2/h8-11,13H,4-7,12H2,1-3H3,(H,17,18);13-14H,3-12H2,1-2H3,(H,16,17);3-12H2,1-2H3;6-9H,3-5H2,1-2H3;10-11H,3-9H2,1-2H3;2*3-9H2,1-2H3,(H,11,12);4-8H,1-3H3;3-8H2,1-2H3,(H,10,11);3-6H,1-2H3;3-7H2,1-2H3;3-5H2,1-2H3;3-4H2,1-2H3. The third-order valence-corrected chi connectivity index (χ3v) is 25.3. The molecule has 0 bridgehead atoms. The number of hydrogen-bond donors (Lipinski definition) is 5. The van der Waals surface area contributed by atoms with Gasteiger partial charge in [0.25, 0.3) is 5.91 Å². The molecular weight excluding hydrogens is 1700 g/mol. The lowest BCUT2D eigenvalue weighted by atomic mass is 9.79. The first kappa shape index (κ1) is 146. The van der Waals surface area contributed by atoms with Gasteiger partial charge in [-0.25, -0.2) is 0 Å². The van der Waals surface area contributed by atoms with Crippen molar-refractivity contribution in [2.24, 2.45) is 23.7 Å². The van der Waals surface area contributed by atoms with Gasteiger partial charge in [-0.2, -0.15) is 0 Å². The van der Waals surface area contributed by atoms with E-state index in [0.717, 1.165) is 120 Å². The summed E-state index contributed by atoms with van der Waals surface area (Å²) >= 11 is 0. The Balaban J connectivity index is -0.000000275. The summed E-state index contributed by atoms with van der Waals surface area (Å²) in [6.45, 7) is 66.5. The Morgan fingerprint density at radius 1 is 0.281 bits per heavy atom. The van der Waals surface area contributed by atoms with Crippen molar-refractivity contribution in [2.45, 2.75) is 578 Å². The van der Waals surface area contributed by atoms with E-state index in [1.807, 2.05) is 45.0 Å². The van der Waals surface area contributed by atoms with Crippen LogP contribution < -0.4 is 26.6 Å². The molecule has 139 heavy (non-hydrogen) atoms. The summed E-state index contributed by atoms with van der Waals surface area (Å²) in [5.41, 5.74) is 10.3. The normalized spacial score (nSPS) is 13.5. The van der Waals surface area contributed by atoms with Gasteiger partial charge in [0.15, 0.2) is 0 Å². The highest BCUT2D eigenvalue weighted by Crippen LogP contribution is 2.33. The molecular formula is C128H241N5O6. The molecule has 4 aromatic rings. The molecule has 6 rings (SSSR count). The van der Waals surface area contributed by atoms with E-state index in [-0.39, 0.29) is 23.6 Å². The Kier molecular flexibility index (Phi) is 125. The molecule has 4 aromatic carbocycles. The quantitative estimate of drug-likeness (QED) is 0.0277. The molecule has 814 valence electrons. The number of hydrogen-bond acceptors (Lipinski definition) is 6. The van der Waals surface area contributed by atoms with Crippen molar-refractivity contribution in [2.75, 3.05) is 45.9 Å². The van der Waals surface area contributed by atoms with Crippen LogP contribution in [0.15, 0.2) is 97.1 Å². The second kappa shape index (κ2) is 119. The van der Waals surface area contributed by atoms with Crippen molar-refractivity contribution in [3.63, 3.8) is 0 Å². The Hall–Kier alpha value is -5.81. The van der Waals surface area contributed by atoms with Crippen LogP contribution in [0, 0.1) is 51.4 Å². The van der Waals surface area contributed by atoms with Gasteiger partial charge in [-0.05, 0) is 176 Å². The number of unbranched alkanes of at least 4 members (excludes halogenated alkanes) is 29. The minimum absolute atomic E-state index is 0.0433. The second-order valence-electron chi connectivity index (χ2n) is 40.2. The van der Waals surface area contributed by atoms with Crippen molar-refractivity contribution < 1.29 is 28.7 Å². The fourth-order valence-corrected chi connectivity index (χ4v) is 15.5. The lowest BCUT2D eigenvalue weighted by Crippen LogP contribution is -2.33. The summed E-state index contributed by atoms with van der Waals surface area (Å²) < 4.78 is 5.20. The van der Waals surface area contributed by atoms with E-state index in [4.69, 9.17) is 4.74 Å². The summed E-state index contributed by atoms with van der Waals surface area (Å²) in [5, 5.41) is 14.7. The molecule has 0 atom stereocenters. The molecule has 0 spiro atoms. The van der Waals surface area contributed by atoms with E-state index in [0.29, 0.717) is 56.1 Å². The van der Waals surface area contributed by atoms with Gasteiger partial charge in [-0.1, -0.05) is 537 Å². The largest absolute Gasteiger partial charge is 0.380 e. The molecule has 0 radical (unpaired) electrons. The summed E-state index contributed by atoms with van der Waals surface area (Å²) in [5.74, 6) is 5.40. The smallest absolute Gasteiger partial charge is 0.251 e. The van der Waals surface area contributed by atoms with Crippen LogP contribution in [0.25, 0.3) is 0 Å². The molecule has 11 nitrogen and oxygen atoms in total. The molecule has 11 heteroatoms. The van der Waals surface area contributed by atoms with Gasteiger partial charge in [0, 0.05) is 70.1 Å². The van der Waals surface area contributed by atoms with Crippen molar-refractivity contribution in [1.82, 2.24) is 26.6 Å². The second-order valence-corrected chi connectivity index (χ2v) is 40.2. The van der Waals surface area contributed by atoms with Crippen LogP contribution in [0.4, 0.5) is 0 Å². The Labute approximate surface area is 868 Å². The minimum atomic E-state index is 0.0433. The summed E-state index contributed by atoms with van der Waals surface area (Å²) in [7, 11) is 0. The predicted octanol–water partition coefficient (Wildman–Crippen LogP) is 39.0. The highest BCUT2D eigenvalue weighted by Gasteiger charge is 2.25. The van der Waals surface area contributed by atoms with Crippen LogP contribution in [-0.2, 0) is 30.3 Å². The first-order valence-corrected chi connectivity index (χ1v) is 59.4. The van der Waals surface area contributed by atoms with Gasteiger partial charge in [-0.15, -0.1) is 0 Å². The van der Waals surface area contributed by atoms with E-state index in [1.165, 1.54) is 328 Å². The molecule has 5 N–H and O–H groups in total. The third-order valence-electron chi connectivity index (χ3n) is 25.3. The Morgan fingerprint density at radius 3 is 0.899 bits per heavy atom. The van der Waals surface area contributed by atoms with Crippen LogP contribution in [-0.4, -0.2) is 75.5 Å². The van der Waals surface area contributed by atoms with Crippen LogP contribution in [0.2, 0.25) is 0 Å². The zero-order valence-electron chi connectivity index (χ0n) is 98.1. The van der Waals surface area contributed by atoms with Crippen molar-refractivity contribution in [3.8, 4) is 0 Å². The topological polar surface area (TPSA) is 155 Å². The molecule has 0 saturated heterocycles. The number of ether oxygens (including phenoxy) is 1. The Bertz CT molecular complexity index is 2980. The molecule has 0 unspecified atom stereocenters. The molecule has 0 aliphatic heterocycles. The van der Waals surface area contributed by atoms with Crippen molar-refractivity contribution in [1.29, 1.82) is 0 Å². The van der Waals surface area contributed by atoms with E-state index in [1.54, 1.807) is 0 Å². The monoisotopic (exact) mass is 1940 g/mol. The third kappa shape index (κ3) is 112. The van der Waals surface area contributed by atoms with Gasteiger partial charge in [0.1, 0.15) is 0 Å². The van der Waals surface area contributed by atoms with E-state index >= 15 is 0 Å². The average molecular weight is 1950 g/mol. The Morgan fingerprint density at radius 2 is 0.590 bits per heavy atom. The van der Waals surface area contributed by atoms with Gasteiger partial charge in [0.05, 0.1) is 6.61 Å². The van der Waals surface area contributed by atoms with E-state index in [9.17, 15) is 24.0 Å². The van der Waals surface area contributed by atoms with Gasteiger partial charge in [0.2, 0.25) is 23.6 Å². The van der Waals surface area contributed by atoms with Gasteiger partial charge < -0.3 is 31.3 Å². The number of amides is 5. The first-order valence-electron chi connectivity index (χ1n) is 59.4. The molecule has 0 aromatic heterocycles. The lowest BCUT2D eigenvalue weighted by Gasteiger charge is -2.27. The average Bonchev–Trinajstić information content (AvgIpc) is 0.875. The number of aryl methyl sites for hydroxylation is 5. The summed E-state index contributed by atoms with van der Waals surface area (Å²) in [4.78, 5) is 56.6. The minimum Gasteiger partial charge on any atom is -0.380 e. The van der Waals surface area contributed by atoms with Crippen LogP contribution >= 0.6 is 0 Å². The number of rotatable bonds is 58. The molecule has 2 fully saturated rings. The molecule has 2 saturated carbocycles. The number of nitrogens with one attached hydrogen (secondary N) is 5. The van der Waals surface area contributed by atoms with Crippen LogP contribution in [0.3, 0.4) is 0 Å². The first-order chi connectivity index (χ1) is 67.2. The summed E-state index contributed by atoms with van der Waals surface area (Å²) in [6.07, 6.45) is 73.6. The zero-order chi connectivity index (χ0) is 105. The lowest BCUT2D eigenvalue weighted by molar-refractivity contribution is -0.126. The maximum atomic E-state index is 11.9. The van der Waals surface area contributed by atoms with Crippen molar-refractivity contribution in [3.05, 3.63) is 142 Å².